The van der Waals surface area contributed by atoms with Crippen LogP contribution in [0, 0.1) is 0 Å². The zero-order chi connectivity index (χ0) is 12.3. The van der Waals surface area contributed by atoms with Gasteiger partial charge in [0.05, 0.1) is 5.52 Å². The van der Waals surface area contributed by atoms with E-state index in [0.717, 1.165) is 30.6 Å². The lowest BCUT2D eigenvalue weighted by Crippen LogP contribution is -2.00. The summed E-state index contributed by atoms with van der Waals surface area (Å²) >= 11 is 0. The molecule has 0 aliphatic rings. The van der Waals surface area contributed by atoms with Gasteiger partial charge >= 0.3 is 0 Å². The van der Waals surface area contributed by atoms with Gasteiger partial charge in [-0.1, -0.05) is 19.9 Å². The minimum absolute atomic E-state index is 0.943. The van der Waals surface area contributed by atoms with Crippen LogP contribution in [0.15, 0.2) is 24.3 Å². The molecule has 0 atom stereocenters. The van der Waals surface area contributed by atoms with E-state index in [1.165, 1.54) is 16.6 Å². The first-order valence-corrected chi connectivity index (χ1v) is 6.44. The minimum Gasteiger partial charge on any atom is -0.385 e. The first-order chi connectivity index (χ1) is 8.28. The van der Waals surface area contributed by atoms with Crippen molar-refractivity contribution in [1.82, 2.24) is 4.98 Å². The summed E-state index contributed by atoms with van der Waals surface area (Å²) in [6, 6.07) is 8.73. The molecule has 1 aromatic carbocycles. The molecule has 0 aliphatic carbocycles. The highest BCUT2D eigenvalue weighted by Crippen LogP contribution is 2.25. The van der Waals surface area contributed by atoms with Gasteiger partial charge in [0.15, 0.2) is 0 Å². The molecule has 0 radical (unpaired) electrons. The van der Waals surface area contributed by atoms with Crippen LogP contribution in [0.25, 0.3) is 10.9 Å². The highest BCUT2D eigenvalue weighted by Gasteiger charge is 2.05. The lowest BCUT2D eigenvalue weighted by atomic mass is 10.1. The molecule has 1 N–H and O–H groups in total. The Labute approximate surface area is 103 Å². The summed E-state index contributed by atoms with van der Waals surface area (Å²) in [6.07, 6.45) is 2.04. The Morgan fingerprint density at radius 2 is 1.88 bits per heavy atom. The standard InChI is InChI=1S/C15H20N2/c1-4-11-7-8-14-13(9-11)15(16-6-3)10-12(5-2)17-14/h7-10H,4-6H2,1-3H3,(H,16,17). The number of hydrogen-bond acceptors (Lipinski definition) is 2. The molecule has 0 saturated carbocycles. The molecule has 0 spiro atoms. The van der Waals surface area contributed by atoms with E-state index >= 15 is 0 Å². The Bertz CT molecular complexity index is 518. The minimum atomic E-state index is 0.943. The number of nitrogens with one attached hydrogen (secondary N) is 1. The monoisotopic (exact) mass is 228 g/mol. The molecule has 0 unspecified atom stereocenters. The Morgan fingerprint density at radius 1 is 1.06 bits per heavy atom. The van der Waals surface area contributed by atoms with Crippen molar-refractivity contribution in [3.8, 4) is 0 Å². The van der Waals surface area contributed by atoms with Gasteiger partial charge in [0, 0.05) is 23.3 Å². The van der Waals surface area contributed by atoms with Gasteiger partial charge < -0.3 is 5.32 Å². The molecule has 1 aromatic heterocycles. The molecular weight excluding hydrogens is 208 g/mol. The lowest BCUT2D eigenvalue weighted by Gasteiger charge is -2.11. The zero-order valence-corrected chi connectivity index (χ0v) is 10.9. The topological polar surface area (TPSA) is 24.9 Å². The molecule has 0 saturated heterocycles. The largest absolute Gasteiger partial charge is 0.385 e. The smallest absolute Gasteiger partial charge is 0.0726 e. The van der Waals surface area contributed by atoms with Crippen LogP contribution in [0.5, 0.6) is 0 Å². The highest BCUT2D eigenvalue weighted by molar-refractivity contribution is 5.92. The van der Waals surface area contributed by atoms with E-state index in [9.17, 15) is 0 Å². The molecule has 1 heterocycles. The van der Waals surface area contributed by atoms with Crippen LogP contribution in [0.4, 0.5) is 5.69 Å². The SMILES string of the molecule is CCNc1cc(CC)nc2ccc(CC)cc12. The molecule has 2 rings (SSSR count). The second-order valence-electron chi connectivity index (χ2n) is 4.25. The molecule has 2 nitrogen and oxygen atoms in total. The maximum atomic E-state index is 4.67. The fourth-order valence-electron chi connectivity index (χ4n) is 2.07. The quantitative estimate of drug-likeness (QED) is 0.861. The number of aryl methyl sites for hydroxylation is 2. The number of hydrogen-bond donors (Lipinski definition) is 1. The van der Waals surface area contributed by atoms with Crippen molar-refractivity contribution in [3.05, 3.63) is 35.5 Å². The van der Waals surface area contributed by atoms with E-state index in [-0.39, 0.29) is 0 Å². The van der Waals surface area contributed by atoms with Crippen molar-refractivity contribution >= 4 is 16.6 Å². The fraction of sp³-hybridized carbons (Fsp3) is 0.400. The van der Waals surface area contributed by atoms with Crippen LogP contribution < -0.4 is 5.32 Å². The van der Waals surface area contributed by atoms with Crippen molar-refractivity contribution < 1.29 is 0 Å². The average Bonchev–Trinajstić information content (AvgIpc) is 2.38. The van der Waals surface area contributed by atoms with E-state index in [1.807, 2.05) is 0 Å². The van der Waals surface area contributed by atoms with Gasteiger partial charge in [-0.05, 0) is 43.5 Å². The molecule has 0 bridgehead atoms. The summed E-state index contributed by atoms with van der Waals surface area (Å²) in [5.74, 6) is 0. The van der Waals surface area contributed by atoms with Crippen molar-refractivity contribution in [1.29, 1.82) is 0 Å². The Morgan fingerprint density at radius 3 is 2.53 bits per heavy atom. The maximum absolute atomic E-state index is 4.67. The maximum Gasteiger partial charge on any atom is 0.0726 e. The van der Waals surface area contributed by atoms with Crippen molar-refractivity contribution in [3.63, 3.8) is 0 Å². The summed E-state index contributed by atoms with van der Waals surface area (Å²) in [6.45, 7) is 7.40. The first-order valence-electron chi connectivity index (χ1n) is 6.44. The predicted octanol–water partition coefficient (Wildman–Crippen LogP) is 3.79. The Balaban J connectivity index is 2.63. The van der Waals surface area contributed by atoms with Crippen molar-refractivity contribution in [2.75, 3.05) is 11.9 Å². The number of benzene rings is 1. The van der Waals surface area contributed by atoms with Crippen LogP contribution in [0.2, 0.25) is 0 Å². The summed E-state index contributed by atoms with van der Waals surface area (Å²) in [5, 5.41) is 4.68. The lowest BCUT2D eigenvalue weighted by molar-refractivity contribution is 1.05. The Kier molecular flexibility index (Phi) is 3.62. The third-order valence-corrected chi connectivity index (χ3v) is 3.06. The second-order valence-corrected chi connectivity index (χ2v) is 4.25. The third-order valence-electron chi connectivity index (χ3n) is 3.06. The molecule has 90 valence electrons. The third kappa shape index (κ3) is 2.41. The van der Waals surface area contributed by atoms with Crippen LogP contribution >= 0.6 is 0 Å². The summed E-state index contributed by atoms with van der Waals surface area (Å²) in [7, 11) is 0. The van der Waals surface area contributed by atoms with Crippen molar-refractivity contribution in [2.45, 2.75) is 33.6 Å². The fourth-order valence-corrected chi connectivity index (χ4v) is 2.07. The second kappa shape index (κ2) is 5.17. The molecule has 17 heavy (non-hydrogen) atoms. The molecular formula is C15H20N2. The molecule has 0 amide bonds. The number of nitrogens with zero attached hydrogens (tertiary/aromatic N) is 1. The molecule has 2 aromatic rings. The average molecular weight is 228 g/mol. The zero-order valence-electron chi connectivity index (χ0n) is 10.9. The number of fused-ring (bicyclic) bond motifs is 1. The number of rotatable bonds is 4. The van der Waals surface area contributed by atoms with Gasteiger partial charge in [-0.15, -0.1) is 0 Å². The van der Waals surface area contributed by atoms with Gasteiger partial charge in [0.2, 0.25) is 0 Å². The molecule has 0 fully saturated rings. The van der Waals surface area contributed by atoms with E-state index in [1.54, 1.807) is 0 Å². The Hall–Kier alpha value is -1.57. The first kappa shape index (κ1) is 11.9. The number of pyridine rings is 1. The molecule has 0 aliphatic heterocycles. The van der Waals surface area contributed by atoms with Crippen LogP contribution in [0.3, 0.4) is 0 Å². The van der Waals surface area contributed by atoms with Crippen LogP contribution in [0.1, 0.15) is 32.0 Å². The van der Waals surface area contributed by atoms with E-state index < -0.39 is 0 Å². The number of anilines is 1. The van der Waals surface area contributed by atoms with Crippen LogP contribution in [-0.4, -0.2) is 11.5 Å². The number of aromatic nitrogens is 1. The van der Waals surface area contributed by atoms with Crippen molar-refractivity contribution in [2.24, 2.45) is 0 Å². The van der Waals surface area contributed by atoms with Gasteiger partial charge in [-0.3, -0.25) is 4.98 Å². The van der Waals surface area contributed by atoms with E-state index in [0.29, 0.717) is 0 Å². The summed E-state index contributed by atoms with van der Waals surface area (Å²) in [5.41, 5.74) is 4.82. The van der Waals surface area contributed by atoms with Crippen LogP contribution in [-0.2, 0) is 12.8 Å². The molecule has 2 heteroatoms. The summed E-state index contributed by atoms with van der Waals surface area (Å²) < 4.78 is 0. The van der Waals surface area contributed by atoms with Gasteiger partial charge in [0.1, 0.15) is 0 Å². The van der Waals surface area contributed by atoms with E-state index in [2.05, 4.69) is 55.3 Å². The normalized spacial score (nSPS) is 10.8. The highest BCUT2D eigenvalue weighted by atomic mass is 14.9. The summed E-state index contributed by atoms with van der Waals surface area (Å²) in [4.78, 5) is 4.67. The van der Waals surface area contributed by atoms with Gasteiger partial charge in [-0.25, -0.2) is 0 Å². The van der Waals surface area contributed by atoms with E-state index in [4.69, 9.17) is 0 Å². The predicted molar refractivity (Wildman–Crippen MR) is 74.7 cm³/mol. The van der Waals surface area contributed by atoms with Gasteiger partial charge in [-0.2, -0.15) is 0 Å². The van der Waals surface area contributed by atoms with Gasteiger partial charge in [0.25, 0.3) is 0 Å².